The zero-order valence-corrected chi connectivity index (χ0v) is 9.21. The van der Waals surface area contributed by atoms with Gasteiger partial charge in [0, 0.05) is 24.2 Å². The number of aryl methyl sites for hydroxylation is 2. The molecule has 0 saturated carbocycles. The van der Waals surface area contributed by atoms with E-state index in [0.717, 1.165) is 9.36 Å². The Bertz CT molecular complexity index is 586. The van der Waals surface area contributed by atoms with Crippen molar-refractivity contribution in [2.45, 2.75) is 6.92 Å². The summed E-state index contributed by atoms with van der Waals surface area (Å²) >= 11 is 0. The minimum absolute atomic E-state index is 0.0280. The highest BCUT2D eigenvalue weighted by Gasteiger charge is 2.28. The van der Waals surface area contributed by atoms with Crippen LogP contribution in [0.4, 0.5) is 11.9 Å². The predicted molar refractivity (Wildman–Crippen MR) is 54.0 cm³/mol. The molecule has 0 saturated heterocycles. The van der Waals surface area contributed by atoms with Gasteiger partial charge in [-0.05, 0) is 19.8 Å². The first-order chi connectivity index (χ1) is 8.40. The maximum Gasteiger partial charge on any atom is 0.493 e. The van der Waals surface area contributed by atoms with E-state index < -0.39 is 21.7 Å². The first-order valence-electron chi connectivity index (χ1n) is 4.54. The molecule has 0 bridgehead atoms. The number of nitrogens with zero attached hydrogens (tertiary/aromatic N) is 8. The molecule has 0 aliphatic heterocycles. The molecule has 0 aliphatic carbocycles. The summed E-state index contributed by atoms with van der Waals surface area (Å²) < 4.78 is 2.10. The van der Waals surface area contributed by atoms with E-state index in [9.17, 15) is 20.2 Å². The second-order valence-electron chi connectivity index (χ2n) is 3.22. The van der Waals surface area contributed by atoms with E-state index in [2.05, 4.69) is 20.2 Å². The zero-order valence-electron chi connectivity index (χ0n) is 9.21. The maximum absolute atomic E-state index is 10.5. The fraction of sp³-hybridized carbons (Fsp3) is 0.333. The number of hydrogen-bond acceptors (Lipinski definition) is 8. The highest BCUT2D eigenvalue weighted by molar-refractivity contribution is 5.20. The standard InChI is InChI=1S/C6H6N8O4/c1-3-7-4(13(15)16)10-12(3)6-8-5(14(17)18)9-11(6)2/h1-2H3. The van der Waals surface area contributed by atoms with Gasteiger partial charge in [0.05, 0.1) is 0 Å². The van der Waals surface area contributed by atoms with Crippen molar-refractivity contribution in [2.75, 3.05) is 0 Å². The highest BCUT2D eigenvalue weighted by Crippen LogP contribution is 2.13. The Morgan fingerprint density at radius 2 is 1.61 bits per heavy atom. The van der Waals surface area contributed by atoms with Crippen LogP contribution in [0.5, 0.6) is 0 Å². The fourth-order valence-electron chi connectivity index (χ4n) is 1.27. The lowest BCUT2D eigenvalue weighted by Crippen LogP contribution is -2.07. The molecule has 2 aromatic heterocycles. The average Bonchev–Trinajstić information content (AvgIpc) is 2.82. The van der Waals surface area contributed by atoms with E-state index in [1.54, 1.807) is 0 Å². The van der Waals surface area contributed by atoms with Crippen LogP contribution < -0.4 is 0 Å². The van der Waals surface area contributed by atoms with Gasteiger partial charge >= 0.3 is 17.8 Å². The van der Waals surface area contributed by atoms with Gasteiger partial charge in [0.2, 0.25) is 5.82 Å². The lowest BCUT2D eigenvalue weighted by atomic mass is 10.7. The zero-order chi connectivity index (χ0) is 13.4. The van der Waals surface area contributed by atoms with Gasteiger partial charge in [-0.2, -0.15) is 4.68 Å². The Kier molecular flexibility index (Phi) is 2.46. The van der Waals surface area contributed by atoms with E-state index >= 15 is 0 Å². The molecule has 12 heteroatoms. The number of rotatable bonds is 3. The summed E-state index contributed by atoms with van der Waals surface area (Å²) in [7, 11) is 1.41. The third-order valence-corrected chi connectivity index (χ3v) is 2.00. The molecule has 18 heavy (non-hydrogen) atoms. The molecule has 12 nitrogen and oxygen atoms in total. The normalized spacial score (nSPS) is 10.6. The van der Waals surface area contributed by atoms with Crippen molar-refractivity contribution in [2.24, 2.45) is 7.05 Å². The second-order valence-corrected chi connectivity index (χ2v) is 3.22. The van der Waals surface area contributed by atoms with Crippen LogP contribution in [0.15, 0.2) is 0 Å². The number of nitro groups is 2. The molecule has 0 aliphatic rings. The van der Waals surface area contributed by atoms with Crippen LogP contribution >= 0.6 is 0 Å². The molecule has 0 amide bonds. The Balaban J connectivity index is 2.54. The SMILES string of the molecule is Cc1nc([N+](=O)[O-])nn1-c1nc([N+](=O)[O-])nn1C. The lowest BCUT2D eigenvalue weighted by Gasteiger charge is -1.89. The van der Waals surface area contributed by atoms with E-state index in [1.165, 1.54) is 14.0 Å². The topological polar surface area (TPSA) is 148 Å². The van der Waals surface area contributed by atoms with Crippen LogP contribution in [0.25, 0.3) is 5.95 Å². The summed E-state index contributed by atoms with van der Waals surface area (Å²) in [5, 5.41) is 28.1. The van der Waals surface area contributed by atoms with Crippen molar-refractivity contribution in [1.29, 1.82) is 0 Å². The van der Waals surface area contributed by atoms with Gasteiger partial charge in [-0.3, -0.25) is 0 Å². The van der Waals surface area contributed by atoms with Gasteiger partial charge in [-0.25, -0.2) is 0 Å². The highest BCUT2D eigenvalue weighted by atomic mass is 16.6. The van der Waals surface area contributed by atoms with Crippen molar-refractivity contribution < 1.29 is 9.85 Å². The molecule has 2 heterocycles. The molecule has 0 fully saturated rings. The van der Waals surface area contributed by atoms with Crippen LogP contribution in [-0.4, -0.2) is 39.4 Å². The third-order valence-electron chi connectivity index (χ3n) is 2.00. The van der Waals surface area contributed by atoms with Gasteiger partial charge < -0.3 is 20.2 Å². The monoisotopic (exact) mass is 254 g/mol. The van der Waals surface area contributed by atoms with Crippen molar-refractivity contribution in [3.63, 3.8) is 0 Å². The molecular formula is C6H6N8O4. The minimum atomic E-state index is -0.774. The van der Waals surface area contributed by atoms with E-state index in [1.807, 2.05) is 0 Å². The summed E-state index contributed by atoms with van der Waals surface area (Å²) in [6, 6.07) is 0. The first-order valence-corrected chi connectivity index (χ1v) is 4.54. The molecule has 0 radical (unpaired) electrons. The largest absolute Gasteiger partial charge is 0.493 e. The van der Waals surface area contributed by atoms with E-state index in [-0.39, 0.29) is 11.8 Å². The van der Waals surface area contributed by atoms with Gasteiger partial charge in [0.1, 0.15) is 0 Å². The average molecular weight is 254 g/mol. The smallest absolute Gasteiger partial charge is 0.390 e. The Hall–Kier alpha value is -2.92. The van der Waals surface area contributed by atoms with Gasteiger partial charge in [0.25, 0.3) is 0 Å². The Morgan fingerprint density at radius 3 is 2.06 bits per heavy atom. The van der Waals surface area contributed by atoms with Crippen LogP contribution in [0.1, 0.15) is 5.82 Å². The summed E-state index contributed by atoms with van der Waals surface area (Å²) in [4.78, 5) is 26.7. The van der Waals surface area contributed by atoms with Crippen molar-refractivity contribution in [3.8, 4) is 5.95 Å². The van der Waals surface area contributed by atoms with Crippen LogP contribution in [0.2, 0.25) is 0 Å². The van der Waals surface area contributed by atoms with Crippen LogP contribution in [0, 0.1) is 27.2 Å². The van der Waals surface area contributed by atoms with E-state index in [0.29, 0.717) is 0 Å². The van der Waals surface area contributed by atoms with Crippen molar-refractivity contribution >= 4 is 11.9 Å². The quantitative estimate of drug-likeness (QED) is 0.526. The van der Waals surface area contributed by atoms with Crippen LogP contribution in [-0.2, 0) is 7.05 Å². The Morgan fingerprint density at radius 1 is 1.06 bits per heavy atom. The van der Waals surface area contributed by atoms with Gasteiger partial charge in [-0.15, -0.1) is 0 Å². The molecule has 0 atom stereocenters. The molecule has 2 rings (SSSR count). The molecule has 0 aromatic carbocycles. The number of aromatic nitrogens is 6. The first kappa shape index (κ1) is 11.6. The maximum atomic E-state index is 10.5. The van der Waals surface area contributed by atoms with Crippen molar-refractivity contribution in [3.05, 3.63) is 26.1 Å². The molecule has 94 valence electrons. The summed E-state index contributed by atoms with van der Waals surface area (Å²) in [6.45, 7) is 1.46. The molecular weight excluding hydrogens is 248 g/mol. The van der Waals surface area contributed by atoms with E-state index in [4.69, 9.17) is 0 Å². The fourth-order valence-corrected chi connectivity index (χ4v) is 1.27. The molecule has 0 spiro atoms. The van der Waals surface area contributed by atoms with Crippen LogP contribution in [0.3, 0.4) is 0 Å². The van der Waals surface area contributed by atoms with Gasteiger partial charge in [-0.1, -0.05) is 4.68 Å². The molecule has 0 N–H and O–H groups in total. The van der Waals surface area contributed by atoms with Gasteiger partial charge in [0.15, 0.2) is 0 Å². The molecule has 0 unspecified atom stereocenters. The number of hydrogen-bond donors (Lipinski definition) is 0. The lowest BCUT2D eigenvalue weighted by molar-refractivity contribution is -0.394. The van der Waals surface area contributed by atoms with Crippen molar-refractivity contribution in [1.82, 2.24) is 29.5 Å². The predicted octanol–water partition coefficient (Wildman–Crippen LogP) is -0.479. The summed E-state index contributed by atoms with van der Waals surface area (Å²) in [5.41, 5.74) is 0. The third kappa shape index (κ3) is 1.74. The Labute approximate surface area is 98.2 Å². The minimum Gasteiger partial charge on any atom is -0.390 e. The molecule has 2 aromatic rings. The summed E-state index contributed by atoms with van der Waals surface area (Å²) in [6.07, 6.45) is 0. The summed E-state index contributed by atoms with van der Waals surface area (Å²) in [5.74, 6) is -1.09. The second kappa shape index (κ2) is 3.83.